The van der Waals surface area contributed by atoms with Gasteiger partial charge >= 0.3 is 6.18 Å². The first kappa shape index (κ1) is 21.2. The van der Waals surface area contributed by atoms with E-state index in [1.165, 1.54) is 10.9 Å². The smallest absolute Gasteiger partial charge is 0.419 e. The fraction of sp³-hybridized carbons (Fsp3) is 0.143. The monoisotopic (exact) mass is 497 g/mol. The van der Waals surface area contributed by atoms with Crippen molar-refractivity contribution in [2.45, 2.75) is 12.8 Å². The molecule has 0 spiro atoms. The molecule has 4 aromatic rings. The lowest BCUT2D eigenvalue weighted by atomic mass is 10.0. The molecule has 0 atom stereocenters. The number of aryl methyl sites for hydroxylation is 1. The molecule has 160 valence electrons. The third-order valence-electron chi connectivity index (χ3n) is 4.60. The maximum atomic E-state index is 15.3. The first-order valence-electron chi connectivity index (χ1n) is 8.91. The second-order valence-corrected chi connectivity index (χ2v) is 7.61. The predicted molar refractivity (Wildman–Crippen MR) is 107 cm³/mol. The quantitative estimate of drug-likeness (QED) is 0.312. The van der Waals surface area contributed by atoms with Crippen LogP contribution in [-0.2, 0) is 19.8 Å². The number of rotatable bonds is 4. The summed E-state index contributed by atoms with van der Waals surface area (Å²) >= 11 is 3.25. The van der Waals surface area contributed by atoms with Crippen LogP contribution in [0.4, 0.5) is 22.0 Å². The third-order valence-corrected chi connectivity index (χ3v) is 5.04. The molecule has 10 heteroatoms. The molecule has 0 saturated carbocycles. The van der Waals surface area contributed by atoms with Gasteiger partial charge in [0.1, 0.15) is 17.8 Å². The van der Waals surface area contributed by atoms with Gasteiger partial charge in [0.25, 0.3) is 0 Å². The summed E-state index contributed by atoms with van der Waals surface area (Å²) in [6.07, 6.45) is -3.66. The van der Waals surface area contributed by atoms with Crippen molar-refractivity contribution in [3.8, 4) is 17.0 Å². The van der Waals surface area contributed by atoms with E-state index in [4.69, 9.17) is 4.74 Å². The van der Waals surface area contributed by atoms with Crippen LogP contribution in [-0.4, -0.2) is 14.8 Å². The lowest BCUT2D eigenvalue weighted by Gasteiger charge is -2.16. The summed E-state index contributed by atoms with van der Waals surface area (Å²) in [5.74, 6) is -4.23. The minimum absolute atomic E-state index is 0.155. The number of aromatic nitrogens is 3. The molecule has 0 aliphatic heterocycles. The second-order valence-electron chi connectivity index (χ2n) is 6.69. The van der Waals surface area contributed by atoms with Gasteiger partial charge in [-0.25, -0.2) is 8.78 Å². The van der Waals surface area contributed by atoms with Gasteiger partial charge in [0.05, 0.1) is 11.1 Å². The Labute approximate surface area is 181 Å². The van der Waals surface area contributed by atoms with Crippen LogP contribution in [0.15, 0.2) is 53.1 Å². The van der Waals surface area contributed by atoms with E-state index in [1.54, 1.807) is 43.4 Å². The van der Waals surface area contributed by atoms with Crippen molar-refractivity contribution in [2.75, 3.05) is 0 Å². The molecule has 0 amide bonds. The van der Waals surface area contributed by atoms with Crippen molar-refractivity contribution in [3.05, 3.63) is 75.9 Å². The van der Waals surface area contributed by atoms with Crippen LogP contribution in [0.1, 0.15) is 11.1 Å². The van der Waals surface area contributed by atoms with E-state index in [1.807, 2.05) is 0 Å². The van der Waals surface area contributed by atoms with Crippen molar-refractivity contribution in [2.24, 2.45) is 7.05 Å². The molecule has 0 unspecified atom stereocenters. The van der Waals surface area contributed by atoms with Crippen molar-refractivity contribution in [1.29, 1.82) is 0 Å². The summed E-state index contributed by atoms with van der Waals surface area (Å²) < 4.78 is 77.7. The third kappa shape index (κ3) is 3.99. The van der Waals surface area contributed by atoms with Gasteiger partial charge in [-0.05, 0) is 33.6 Å². The second kappa shape index (κ2) is 7.92. The van der Waals surface area contributed by atoms with Crippen LogP contribution in [0.25, 0.3) is 22.3 Å². The highest BCUT2D eigenvalue weighted by Gasteiger charge is 2.38. The van der Waals surface area contributed by atoms with E-state index in [0.717, 1.165) is 0 Å². The Bertz CT molecular complexity index is 1270. The van der Waals surface area contributed by atoms with Gasteiger partial charge in [0.2, 0.25) is 0 Å². The van der Waals surface area contributed by atoms with E-state index >= 15 is 4.39 Å². The number of fused-ring (bicyclic) bond motifs is 1. The summed E-state index contributed by atoms with van der Waals surface area (Å²) in [5.41, 5.74) is -1.21. The standard InChI is InChI=1S/C21H13BrF5N3O/c1-30-15-7-12(22)9-28-19(15)18(29-30)13-8-14(21(25,26)27)17(24)20(16(13)23)31-10-11-5-3-2-4-6-11/h2-9H,10H2,1H3. The Morgan fingerprint density at radius 3 is 2.45 bits per heavy atom. The summed E-state index contributed by atoms with van der Waals surface area (Å²) in [6.45, 7) is -0.316. The maximum absolute atomic E-state index is 15.3. The number of pyridine rings is 1. The van der Waals surface area contributed by atoms with Crippen molar-refractivity contribution >= 4 is 27.0 Å². The van der Waals surface area contributed by atoms with Crippen molar-refractivity contribution in [3.63, 3.8) is 0 Å². The molecule has 0 bridgehead atoms. The molecule has 2 aromatic carbocycles. The Hall–Kier alpha value is -3.01. The van der Waals surface area contributed by atoms with Gasteiger partial charge in [-0.3, -0.25) is 9.67 Å². The molecule has 2 heterocycles. The van der Waals surface area contributed by atoms with Crippen molar-refractivity contribution in [1.82, 2.24) is 14.8 Å². The minimum Gasteiger partial charge on any atom is -0.483 e. The highest BCUT2D eigenvalue weighted by molar-refractivity contribution is 9.10. The summed E-state index contributed by atoms with van der Waals surface area (Å²) in [6, 6.07) is 10.4. The summed E-state index contributed by atoms with van der Waals surface area (Å²) in [4.78, 5) is 4.14. The number of hydrogen-bond acceptors (Lipinski definition) is 3. The zero-order valence-electron chi connectivity index (χ0n) is 15.8. The number of hydrogen-bond donors (Lipinski definition) is 0. The largest absolute Gasteiger partial charge is 0.483 e. The molecule has 0 fully saturated rings. The number of alkyl halides is 3. The number of ether oxygens (including phenoxy) is 1. The molecule has 2 aromatic heterocycles. The lowest BCUT2D eigenvalue weighted by Crippen LogP contribution is -2.12. The number of nitrogens with zero attached hydrogens (tertiary/aromatic N) is 3. The first-order chi connectivity index (χ1) is 14.7. The first-order valence-corrected chi connectivity index (χ1v) is 9.70. The van der Waals surface area contributed by atoms with Gasteiger partial charge in [0, 0.05) is 23.3 Å². The van der Waals surface area contributed by atoms with E-state index in [9.17, 15) is 17.6 Å². The van der Waals surface area contributed by atoms with E-state index < -0.39 is 34.7 Å². The van der Waals surface area contributed by atoms with Gasteiger partial charge in [-0.15, -0.1) is 0 Å². The topological polar surface area (TPSA) is 39.9 Å². The van der Waals surface area contributed by atoms with Crippen LogP contribution >= 0.6 is 15.9 Å². The van der Waals surface area contributed by atoms with Crippen LogP contribution in [0.3, 0.4) is 0 Å². The van der Waals surface area contributed by atoms with Gasteiger partial charge in [-0.2, -0.15) is 18.3 Å². The molecule has 0 radical (unpaired) electrons. The van der Waals surface area contributed by atoms with Gasteiger partial charge in [0.15, 0.2) is 17.4 Å². The van der Waals surface area contributed by atoms with E-state index in [2.05, 4.69) is 26.0 Å². The average Bonchev–Trinajstić information content (AvgIpc) is 3.03. The fourth-order valence-corrected chi connectivity index (χ4v) is 3.46. The van der Waals surface area contributed by atoms with Crippen LogP contribution < -0.4 is 4.74 Å². The number of halogens is 6. The Balaban J connectivity index is 1.91. The van der Waals surface area contributed by atoms with Crippen LogP contribution in [0.2, 0.25) is 0 Å². The van der Waals surface area contributed by atoms with E-state index in [0.29, 0.717) is 21.6 Å². The molecule has 4 nitrogen and oxygen atoms in total. The molecule has 31 heavy (non-hydrogen) atoms. The summed E-state index contributed by atoms with van der Waals surface area (Å²) in [7, 11) is 1.54. The SMILES string of the molecule is Cn1nc(-c2cc(C(F)(F)F)c(F)c(OCc3ccccc3)c2F)c2ncc(Br)cc21. The molecular weight excluding hydrogens is 485 g/mol. The zero-order chi connectivity index (χ0) is 22.3. The maximum Gasteiger partial charge on any atom is 0.419 e. The molecule has 0 aliphatic carbocycles. The zero-order valence-corrected chi connectivity index (χ0v) is 17.4. The van der Waals surface area contributed by atoms with Crippen LogP contribution in [0.5, 0.6) is 5.75 Å². The van der Waals surface area contributed by atoms with Gasteiger partial charge < -0.3 is 4.74 Å². The predicted octanol–water partition coefficient (Wildman–Crippen LogP) is 6.27. The van der Waals surface area contributed by atoms with Crippen molar-refractivity contribution < 1.29 is 26.7 Å². The fourth-order valence-electron chi connectivity index (χ4n) is 3.14. The van der Waals surface area contributed by atoms with Gasteiger partial charge in [-0.1, -0.05) is 30.3 Å². The normalized spacial score (nSPS) is 11.8. The molecular formula is C21H13BrF5N3O. The molecule has 0 N–H and O–H groups in total. The minimum atomic E-state index is -5.07. The average molecular weight is 498 g/mol. The highest BCUT2D eigenvalue weighted by atomic mass is 79.9. The highest BCUT2D eigenvalue weighted by Crippen LogP contribution is 2.42. The molecule has 0 saturated heterocycles. The Morgan fingerprint density at radius 1 is 1.06 bits per heavy atom. The Morgan fingerprint density at radius 2 is 1.77 bits per heavy atom. The Kier molecular flexibility index (Phi) is 5.42. The lowest BCUT2D eigenvalue weighted by molar-refractivity contribution is -0.140. The summed E-state index contributed by atoms with van der Waals surface area (Å²) in [5, 5.41) is 4.12. The number of benzene rings is 2. The van der Waals surface area contributed by atoms with E-state index in [-0.39, 0.29) is 17.8 Å². The molecule has 4 rings (SSSR count). The molecule has 0 aliphatic rings. The van der Waals surface area contributed by atoms with Crippen LogP contribution in [0, 0.1) is 11.6 Å².